The Labute approximate surface area is 110 Å². The highest BCUT2D eigenvalue weighted by atomic mass is 16.5. The molecular formula is C13H14N4O2. The number of H-pyrrole nitrogens is 1. The minimum Gasteiger partial charge on any atom is -0.469 e. The Balaban J connectivity index is 2.15. The monoisotopic (exact) mass is 258 g/mol. The summed E-state index contributed by atoms with van der Waals surface area (Å²) in [5.41, 5.74) is 10.6. The maximum atomic E-state index is 11.2. The Bertz CT molecular complexity index is 628. The van der Waals surface area contributed by atoms with E-state index < -0.39 is 6.04 Å². The summed E-state index contributed by atoms with van der Waals surface area (Å²) in [5, 5.41) is 4.77. The number of ether oxygens (including phenoxy) is 1. The molecule has 1 atom stereocenters. The number of methoxy groups -OCH3 is 1. The number of carbonyl (C=O) groups is 1. The van der Waals surface area contributed by atoms with Gasteiger partial charge in [0, 0.05) is 16.6 Å². The first-order valence-electron chi connectivity index (χ1n) is 5.90. The van der Waals surface area contributed by atoms with Crippen LogP contribution in [0.15, 0.2) is 35.6 Å². The fraction of sp³-hybridized carbons (Fsp3) is 0.308. The Morgan fingerprint density at radius 3 is 3.11 bits per heavy atom. The van der Waals surface area contributed by atoms with Gasteiger partial charge < -0.3 is 9.72 Å². The molecule has 0 amide bonds. The maximum absolute atomic E-state index is 11.2. The average Bonchev–Trinajstić information content (AvgIpc) is 2.86. The molecule has 0 aliphatic carbocycles. The number of hydrogen-bond acceptors (Lipinski definition) is 3. The Hall–Kier alpha value is -2.46. The van der Waals surface area contributed by atoms with Gasteiger partial charge in [-0.25, -0.2) is 0 Å². The second kappa shape index (κ2) is 5.93. The molecule has 1 aromatic carbocycles. The second-order valence-corrected chi connectivity index (χ2v) is 4.24. The van der Waals surface area contributed by atoms with Gasteiger partial charge >= 0.3 is 5.97 Å². The lowest BCUT2D eigenvalue weighted by Crippen LogP contribution is -2.15. The van der Waals surface area contributed by atoms with Crippen molar-refractivity contribution in [1.29, 1.82) is 0 Å². The molecular weight excluding hydrogens is 244 g/mol. The van der Waals surface area contributed by atoms with E-state index in [0.29, 0.717) is 6.42 Å². The van der Waals surface area contributed by atoms with E-state index in [9.17, 15) is 4.79 Å². The van der Waals surface area contributed by atoms with Crippen molar-refractivity contribution in [2.45, 2.75) is 18.9 Å². The number of carbonyl (C=O) groups excluding carboxylic acids is 1. The van der Waals surface area contributed by atoms with Crippen molar-refractivity contribution in [3.63, 3.8) is 0 Å². The van der Waals surface area contributed by atoms with Gasteiger partial charge in [-0.15, -0.1) is 0 Å². The van der Waals surface area contributed by atoms with Crippen LogP contribution in [0.5, 0.6) is 0 Å². The summed E-state index contributed by atoms with van der Waals surface area (Å²) in [6.07, 6.45) is 2.46. The number of rotatable bonds is 5. The Morgan fingerprint density at radius 2 is 2.37 bits per heavy atom. The highest BCUT2D eigenvalue weighted by molar-refractivity contribution is 5.79. The van der Waals surface area contributed by atoms with Crippen LogP contribution in [0, 0.1) is 0 Å². The number of hydrogen-bond donors (Lipinski definition) is 1. The molecule has 2 rings (SSSR count). The fourth-order valence-corrected chi connectivity index (χ4v) is 2.00. The summed E-state index contributed by atoms with van der Waals surface area (Å²) >= 11 is 0. The summed E-state index contributed by atoms with van der Waals surface area (Å²) in [4.78, 5) is 17.1. The number of fused-ring (bicyclic) bond motifs is 1. The minimum absolute atomic E-state index is 0.0866. The van der Waals surface area contributed by atoms with Crippen LogP contribution in [0.3, 0.4) is 0 Å². The van der Waals surface area contributed by atoms with Gasteiger partial charge in [-0.1, -0.05) is 17.2 Å². The van der Waals surface area contributed by atoms with Crippen LogP contribution in [-0.2, 0) is 16.0 Å². The van der Waals surface area contributed by atoms with Crippen LogP contribution >= 0.6 is 0 Å². The molecule has 0 radical (unpaired) electrons. The van der Waals surface area contributed by atoms with E-state index in [1.807, 2.05) is 30.5 Å². The quantitative estimate of drug-likeness (QED) is 0.386. The molecule has 2 aromatic rings. The third-order valence-electron chi connectivity index (χ3n) is 2.94. The van der Waals surface area contributed by atoms with Gasteiger partial charge in [0.1, 0.15) is 0 Å². The molecule has 6 heteroatoms. The summed E-state index contributed by atoms with van der Waals surface area (Å²) in [6.45, 7) is 0. The van der Waals surface area contributed by atoms with Gasteiger partial charge in [0.05, 0.1) is 19.6 Å². The van der Waals surface area contributed by atoms with Gasteiger partial charge in [-0.05, 0) is 35.0 Å². The topological polar surface area (TPSA) is 90.9 Å². The largest absolute Gasteiger partial charge is 0.469 e. The van der Waals surface area contributed by atoms with Crippen LogP contribution in [0.25, 0.3) is 21.3 Å². The zero-order valence-corrected chi connectivity index (χ0v) is 10.5. The van der Waals surface area contributed by atoms with Gasteiger partial charge in [-0.2, -0.15) is 0 Å². The standard InChI is InChI=1S/C13H14N4O2/c1-19-13(18)8-11(16-17-14)6-9-2-3-10-4-5-15-12(10)7-9/h2-5,7,11,15H,6,8H2,1H3/t11-/m1/s1. The van der Waals surface area contributed by atoms with E-state index >= 15 is 0 Å². The van der Waals surface area contributed by atoms with Gasteiger partial charge in [0.25, 0.3) is 0 Å². The van der Waals surface area contributed by atoms with Crippen molar-refractivity contribution < 1.29 is 9.53 Å². The van der Waals surface area contributed by atoms with E-state index in [-0.39, 0.29) is 12.4 Å². The van der Waals surface area contributed by atoms with Crippen molar-refractivity contribution in [3.05, 3.63) is 46.5 Å². The maximum Gasteiger partial charge on any atom is 0.305 e. The SMILES string of the molecule is COC(=O)C[C@@H](Cc1ccc2cc[nH]c2c1)N=[N+]=[N-]. The zero-order chi connectivity index (χ0) is 13.7. The number of aromatic amines is 1. The van der Waals surface area contributed by atoms with E-state index in [1.54, 1.807) is 0 Å². The zero-order valence-electron chi connectivity index (χ0n) is 10.5. The molecule has 19 heavy (non-hydrogen) atoms. The lowest BCUT2D eigenvalue weighted by Gasteiger charge is -2.09. The smallest absolute Gasteiger partial charge is 0.305 e. The highest BCUT2D eigenvalue weighted by Crippen LogP contribution is 2.17. The number of esters is 1. The molecule has 1 N–H and O–H groups in total. The van der Waals surface area contributed by atoms with Crippen molar-refractivity contribution in [3.8, 4) is 0 Å². The molecule has 0 bridgehead atoms. The van der Waals surface area contributed by atoms with Crippen LogP contribution in [0.4, 0.5) is 0 Å². The van der Waals surface area contributed by atoms with Crippen molar-refractivity contribution >= 4 is 16.9 Å². The first kappa shape index (κ1) is 13.0. The first-order chi connectivity index (χ1) is 9.22. The number of nitrogens with zero attached hydrogens (tertiary/aromatic N) is 3. The summed E-state index contributed by atoms with van der Waals surface area (Å²) in [7, 11) is 1.32. The van der Waals surface area contributed by atoms with E-state index in [2.05, 4.69) is 19.7 Å². The molecule has 1 aromatic heterocycles. The molecule has 98 valence electrons. The molecule has 0 unspecified atom stereocenters. The molecule has 6 nitrogen and oxygen atoms in total. The number of nitrogens with one attached hydrogen (secondary N) is 1. The first-order valence-corrected chi connectivity index (χ1v) is 5.90. The van der Waals surface area contributed by atoms with E-state index in [0.717, 1.165) is 16.5 Å². The molecule has 0 aliphatic heterocycles. The molecule has 0 fully saturated rings. The average molecular weight is 258 g/mol. The van der Waals surface area contributed by atoms with Gasteiger partial charge in [-0.3, -0.25) is 4.79 Å². The minimum atomic E-state index is -0.426. The number of aromatic nitrogens is 1. The Kier molecular flexibility index (Phi) is 4.05. The van der Waals surface area contributed by atoms with Crippen LogP contribution in [0.1, 0.15) is 12.0 Å². The van der Waals surface area contributed by atoms with Crippen LogP contribution in [-0.4, -0.2) is 24.1 Å². The molecule has 0 saturated heterocycles. The predicted octanol–water partition coefficient (Wildman–Crippen LogP) is 2.95. The van der Waals surface area contributed by atoms with E-state index in [4.69, 9.17) is 5.53 Å². The third kappa shape index (κ3) is 3.26. The summed E-state index contributed by atoms with van der Waals surface area (Å²) in [5.74, 6) is -0.377. The molecule has 0 saturated carbocycles. The van der Waals surface area contributed by atoms with Gasteiger partial charge in [0.15, 0.2) is 0 Å². The van der Waals surface area contributed by atoms with E-state index in [1.165, 1.54) is 7.11 Å². The fourth-order valence-electron chi connectivity index (χ4n) is 2.00. The van der Waals surface area contributed by atoms with Gasteiger partial charge in [0.2, 0.25) is 0 Å². The summed E-state index contributed by atoms with van der Waals surface area (Å²) in [6, 6.07) is 7.51. The highest BCUT2D eigenvalue weighted by Gasteiger charge is 2.13. The lowest BCUT2D eigenvalue weighted by molar-refractivity contribution is -0.140. The summed E-state index contributed by atoms with van der Waals surface area (Å²) < 4.78 is 4.59. The number of benzene rings is 1. The van der Waals surface area contributed by atoms with Crippen LogP contribution < -0.4 is 0 Å². The van der Waals surface area contributed by atoms with Crippen molar-refractivity contribution in [2.75, 3.05) is 7.11 Å². The van der Waals surface area contributed by atoms with Crippen molar-refractivity contribution in [2.24, 2.45) is 5.11 Å². The molecule has 1 heterocycles. The number of azide groups is 1. The molecule has 0 spiro atoms. The van der Waals surface area contributed by atoms with Crippen LogP contribution in [0.2, 0.25) is 0 Å². The van der Waals surface area contributed by atoms with Crippen molar-refractivity contribution in [1.82, 2.24) is 4.98 Å². The third-order valence-corrected chi connectivity index (χ3v) is 2.94. The second-order valence-electron chi connectivity index (χ2n) is 4.24. The molecule has 0 aliphatic rings. The normalized spacial score (nSPS) is 11.8. The lowest BCUT2D eigenvalue weighted by atomic mass is 10.0. The predicted molar refractivity (Wildman–Crippen MR) is 71.6 cm³/mol. The Morgan fingerprint density at radius 1 is 1.53 bits per heavy atom.